The van der Waals surface area contributed by atoms with Crippen LogP contribution in [0.25, 0.3) is 10.9 Å². The second kappa shape index (κ2) is 5.00. The van der Waals surface area contributed by atoms with Crippen LogP contribution in [0.4, 0.5) is 0 Å². The first kappa shape index (κ1) is 13.1. The lowest BCUT2D eigenvalue weighted by molar-refractivity contribution is 0.0696. The smallest absolute Gasteiger partial charge is 0.0920 e. The Labute approximate surface area is 125 Å². The molecule has 1 aromatic carbocycles. The summed E-state index contributed by atoms with van der Waals surface area (Å²) < 4.78 is 5.60. The van der Waals surface area contributed by atoms with Crippen molar-refractivity contribution in [3.63, 3.8) is 0 Å². The molecule has 0 aliphatic carbocycles. The molecule has 2 aliphatic heterocycles. The molecule has 0 amide bonds. The van der Waals surface area contributed by atoms with Crippen LogP contribution in [0.1, 0.15) is 13.3 Å². The summed E-state index contributed by atoms with van der Waals surface area (Å²) in [6.45, 7) is 8.29. The van der Waals surface area contributed by atoms with Crippen LogP contribution in [0.2, 0.25) is 0 Å². The van der Waals surface area contributed by atoms with Gasteiger partial charge < -0.3 is 4.74 Å². The number of hydrogen-bond donors (Lipinski definition) is 0. The van der Waals surface area contributed by atoms with Crippen LogP contribution in [0, 0.1) is 0 Å². The maximum atomic E-state index is 5.60. The first-order valence-electron chi connectivity index (χ1n) is 7.77. The van der Waals surface area contributed by atoms with Crippen LogP contribution in [0.3, 0.4) is 0 Å². The molecule has 2 aliphatic rings. The molecule has 1 aromatic heterocycles. The predicted octanol–water partition coefficient (Wildman–Crippen LogP) is 1.47. The highest BCUT2D eigenvalue weighted by atomic mass is 16.5. The van der Waals surface area contributed by atoms with Crippen LogP contribution < -0.4 is 5.01 Å². The van der Waals surface area contributed by atoms with Gasteiger partial charge in [-0.15, -0.1) is 0 Å². The zero-order valence-electron chi connectivity index (χ0n) is 12.5. The van der Waals surface area contributed by atoms with Gasteiger partial charge in [-0.05, 0) is 19.4 Å². The van der Waals surface area contributed by atoms with E-state index in [0.29, 0.717) is 0 Å². The number of nitrogens with zero attached hydrogens (tertiary/aromatic N) is 4. The molecular weight excluding hydrogens is 264 g/mol. The zero-order chi connectivity index (χ0) is 14.3. The van der Waals surface area contributed by atoms with Crippen LogP contribution in [-0.4, -0.2) is 59.7 Å². The van der Waals surface area contributed by atoms with Crippen molar-refractivity contribution in [3.8, 4) is 0 Å². The molecular formula is C16H22N4O. The molecule has 2 saturated heterocycles. The number of fused-ring (bicyclic) bond motifs is 1. The molecule has 1 atom stereocenters. The third kappa shape index (κ3) is 2.21. The highest BCUT2D eigenvalue weighted by molar-refractivity contribution is 5.78. The fraction of sp³-hybridized carbons (Fsp3) is 0.562. The lowest BCUT2D eigenvalue weighted by atomic mass is 9.98. The van der Waals surface area contributed by atoms with Gasteiger partial charge in [0.05, 0.1) is 18.3 Å². The topological polar surface area (TPSA) is 33.5 Å². The highest BCUT2D eigenvalue weighted by Gasteiger charge is 2.37. The van der Waals surface area contributed by atoms with Crippen molar-refractivity contribution < 1.29 is 4.74 Å². The van der Waals surface area contributed by atoms with Gasteiger partial charge in [-0.2, -0.15) is 9.89 Å². The Morgan fingerprint density at radius 3 is 2.71 bits per heavy atom. The summed E-state index contributed by atoms with van der Waals surface area (Å²) in [5.41, 5.74) is 1.43. The second-order valence-electron chi connectivity index (χ2n) is 6.33. The number of aromatic nitrogens is 2. The van der Waals surface area contributed by atoms with Gasteiger partial charge >= 0.3 is 0 Å². The van der Waals surface area contributed by atoms with Gasteiger partial charge in [0.25, 0.3) is 0 Å². The molecule has 21 heavy (non-hydrogen) atoms. The SMILES string of the molecule is CC1(N2CCN(n3ncc4ccccc43)CC2)CCOC1. The second-order valence-corrected chi connectivity index (χ2v) is 6.33. The number of benzene rings is 1. The normalized spacial score (nSPS) is 27.6. The molecule has 0 bridgehead atoms. The lowest BCUT2D eigenvalue weighted by Gasteiger charge is -2.43. The first-order chi connectivity index (χ1) is 10.3. The summed E-state index contributed by atoms with van der Waals surface area (Å²) in [5, 5.41) is 8.11. The van der Waals surface area contributed by atoms with E-state index in [0.717, 1.165) is 45.8 Å². The minimum absolute atomic E-state index is 0.234. The Morgan fingerprint density at radius 1 is 1.14 bits per heavy atom. The predicted molar refractivity (Wildman–Crippen MR) is 83.1 cm³/mol. The fourth-order valence-corrected chi connectivity index (χ4v) is 3.51. The van der Waals surface area contributed by atoms with Crippen molar-refractivity contribution >= 4 is 10.9 Å². The summed E-state index contributed by atoms with van der Waals surface area (Å²) in [6, 6.07) is 8.40. The quantitative estimate of drug-likeness (QED) is 0.837. The number of para-hydroxylation sites is 1. The minimum Gasteiger partial charge on any atom is -0.379 e. The summed E-state index contributed by atoms with van der Waals surface area (Å²) in [7, 11) is 0. The van der Waals surface area contributed by atoms with Crippen molar-refractivity contribution in [2.45, 2.75) is 18.9 Å². The van der Waals surface area contributed by atoms with Gasteiger partial charge in [0.2, 0.25) is 0 Å². The highest BCUT2D eigenvalue weighted by Crippen LogP contribution is 2.26. The molecule has 0 spiro atoms. The molecule has 112 valence electrons. The van der Waals surface area contributed by atoms with E-state index in [4.69, 9.17) is 4.74 Å². The average molecular weight is 286 g/mol. The number of ether oxygens (including phenoxy) is 1. The van der Waals surface area contributed by atoms with Gasteiger partial charge in [0, 0.05) is 43.7 Å². The van der Waals surface area contributed by atoms with E-state index in [1.54, 1.807) is 0 Å². The van der Waals surface area contributed by atoms with E-state index in [1.165, 1.54) is 10.9 Å². The maximum absolute atomic E-state index is 5.60. The first-order valence-corrected chi connectivity index (χ1v) is 7.77. The number of rotatable bonds is 2. The van der Waals surface area contributed by atoms with Crippen LogP contribution in [0.5, 0.6) is 0 Å². The van der Waals surface area contributed by atoms with E-state index in [1.807, 2.05) is 6.20 Å². The molecule has 0 saturated carbocycles. The monoisotopic (exact) mass is 286 g/mol. The molecule has 1 unspecified atom stereocenters. The molecule has 2 aromatic rings. The third-order valence-corrected chi connectivity index (χ3v) is 4.94. The van der Waals surface area contributed by atoms with Crippen LogP contribution in [0.15, 0.2) is 30.5 Å². The van der Waals surface area contributed by atoms with Crippen molar-refractivity contribution in [3.05, 3.63) is 30.5 Å². The van der Waals surface area contributed by atoms with E-state index in [9.17, 15) is 0 Å². The minimum atomic E-state index is 0.234. The van der Waals surface area contributed by atoms with Crippen molar-refractivity contribution in [1.29, 1.82) is 0 Å². The van der Waals surface area contributed by atoms with Crippen molar-refractivity contribution in [1.82, 2.24) is 14.8 Å². The molecule has 3 heterocycles. The van der Waals surface area contributed by atoms with Gasteiger partial charge in [-0.3, -0.25) is 9.91 Å². The fourth-order valence-electron chi connectivity index (χ4n) is 3.51. The molecule has 5 heteroatoms. The van der Waals surface area contributed by atoms with Gasteiger partial charge in [0.15, 0.2) is 0 Å². The molecule has 0 radical (unpaired) electrons. The third-order valence-electron chi connectivity index (χ3n) is 4.94. The van der Waals surface area contributed by atoms with Crippen LogP contribution in [-0.2, 0) is 4.74 Å². The lowest BCUT2D eigenvalue weighted by Crippen LogP contribution is -2.58. The zero-order valence-corrected chi connectivity index (χ0v) is 12.5. The molecule has 0 N–H and O–H groups in total. The Hall–Kier alpha value is -1.59. The van der Waals surface area contributed by atoms with E-state index >= 15 is 0 Å². The van der Waals surface area contributed by atoms with Gasteiger partial charge in [0.1, 0.15) is 0 Å². The number of hydrogen-bond acceptors (Lipinski definition) is 4. The molecule has 2 fully saturated rings. The maximum Gasteiger partial charge on any atom is 0.0920 e. The molecule has 4 rings (SSSR count). The largest absolute Gasteiger partial charge is 0.379 e. The average Bonchev–Trinajstić information content (AvgIpc) is 3.15. The Bertz CT molecular complexity index is 624. The summed E-state index contributed by atoms with van der Waals surface area (Å²) in [5.74, 6) is 0. The summed E-state index contributed by atoms with van der Waals surface area (Å²) in [6.07, 6.45) is 3.10. The molecule has 5 nitrogen and oxygen atoms in total. The standard InChI is InChI=1S/C16H22N4O/c1-16(6-11-21-13-16)18-7-9-19(10-8-18)20-15-5-3-2-4-14(15)12-17-20/h2-5,12H,6-11,13H2,1H3. The van der Waals surface area contributed by atoms with E-state index in [-0.39, 0.29) is 5.54 Å². The summed E-state index contributed by atoms with van der Waals surface area (Å²) in [4.78, 5) is 4.66. The van der Waals surface area contributed by atoms with E-state index < -0.39 is 0 Å². The Balaban J connectivity index is 1.50. The van der Waals surface area contributed by atoms with E-state index in [2.05, 4.69) is 51.0 Å². The van der Waals surface area contributed by atoms with Crippen molar-refractivity contribution in [2.24, 2.45) is 0 Å². The van der Waals surface area contributed by atoms with Crippen LogP contribution >= 0.6 is 0 Å². The Morgan fingerprint density at radius 2 is 1.95 bits per heavy atom. The van der Waals surface area contributed by atoms with Gasteiger partial charge in [-0.25, -0.2) is 0 Å². The summed E-state index contributed by atoms with van der Waals surface area (Å²) >= 11 is 0. The van der Waals surface area contributed by atoms with Gasteiger partial charge in [-0.1, -0.05) is 18.2 Å². The van der Waals surface area contributed by atoms with Crippen molar-refractivity contribution in [2.75, 3.05) is 44.4 Å². The number of piperazine rings is 1. The Kier molecular flexibility index (Phi) is 3.12.